The summed E-state index contributed by atoms with van der Waals surface area (Å²) in [4.78, 5) is 17.1. The van der Waals surface area contributed by atoms with Crippen molar-refractivity contribution in [1.29, 1.82) is 0 Å². The molecule has 0 unspecified atom stereocenters. The molecule has 0 spiro atoms. The van der Waals surface area contributed by atoms with Gasteiger partial charge in [-0.05, 0) is 60.5 Å². The van der Waals surface area contributed by atoms with Crippen molar-refractivity contribution in [3.05, 3.63) is 59.1 Å². The molecule has 1 aromatic carbocycles. The highest BCUT2D eigenvalue weighted by molar-refractivity contribution is 5.90. The van der Waals surface area contributed by atoms with E-state index in [0.717, 1.165) is 34.0 Å². The van der Waals surface area contributed by atoms with Crippen LogP contribution in [0.3, 0.4) is 0 Å². The maximum Gasteiger partial charge on any atom is 0.258 e. The number of hydrogen-bond donors (Lipinski definition) is 2. The lowest BCUT2D eigenvalue weighted by Crippen LogP contribution is -2.26. The summed E-state index contributed by atoms with van der Waals surface area (Å²) in [7, 11) is 0. The number of fused-ring (bicyclic) bond motifs is 2. The van der Waals surface area contributed by atoms with E-state index in [1.807, 2.05) is 47.2 Å². The summed E-state index contributed by atoms with van der Waals surface area (Å²) >= 11 is 0. The summed E-state index contributed by atoms with van der Waals surface area (Å²) < 4.78 is 1.85. The highest BCUT2D eigenvalue weighted by Gasteiger charge is 2.18. The number of rotatable bonds is 4. The Morgan fingerprint density at radius 3 is 3.00 bits per heavy atom. The number of nitrogens with one attached hydrogen (secondary N) is 2. The molecule has 1 aliphatic carbocycles. The fraction of sp³-hybridized carbons (Fsp3) is 0.250. The summed E-state index contributed by atoms with van der Waals surface area (Å²) in [6.07, 6.45) is 7.42. The lowest BCUT2D eigenvalue weighted by atomic mass is 9.85. The molecule has 5 rings (SSSR count). The Labute approximate surface area is 149 Å². The number of H-pyrrole nitrogens is 1. The third-order valence-corrected chi connectivity index (χ3v) is 5.24. The Morgan fingerprint density at radius 1 is 1.23 bits per heavy atom. The normalized spacial score (nSPS) is 14.6. The average Bonchev–Trinajstić information content (AvgIpc) is 3.03. The van der Waals surface area contributed by atoms with E-state index in [0.29, 0.717) is 11.7 Å². The van der Waals surface area contributed by atoms with E-state index in [9.17, 15) is 4.79 Å². The van der Waals surface area contributed by atoms with Gasteiger partial charge in [0.2, 0.25) is 0 Å². The largest absolute Gasteiger partial charge is 0.337 e. The van der Waals surface area contributed by atoms with Gasteiger partial charge in [0.1, 0.15) is 5.52 Å². The molecule has 0 bridgehead atoms. The van der Waals surface area contributed by atoms with Crippen molar-refractivity contribution in [1.82, 2.24) is 19.7 Å². The van der Waals surface area contributed by atoms with E-state index < -0.39 is 0 Å². The third-order valence-electron chi connectivity index (χ3n) is 5.24. The maximum absolute atomic E-state index is 12.7. The highest BCUT2D eigenvalue weighted by Crippen LogP contribution is 2.28. The van der Waals surface area contributed by atoms with Crippen LogP contribution in [0.2, 0.25) is 0 Å². The second kappa shape index (κ2) is 5.98. The summed E-state index contributed by atoms with van der Waals surface area (Å²) in [6.45, 7) is 0.833. The van der Waals surface area contributed by atoms with Crippen molar-refractivity contribution in [2.75, 3.05) is 5.32 Å². The van der Waals surface area contributed by atoms with Gasteiger partial charge in [0.15, 0.2) is 5.82 Å². The minimum atomic E-state index is 0.0906. The Hall–Kier alpha value is -3.15. The molecule has 6 nitrogen and oxygen atoms in total. The lowest BCUT2D eigenvalue weighted by molar-refractivity contribution is 0.274. The van der Waals surface area contributed by atoms with E-state index in [-0.39, 0.29) is 5.56 Å². The molecule has 0 saturated heterocycles. The molecule has 0 atom stereocenters. The van der Waals surface area contributed by atoms with Crippen LogP contribution in [0, 0.1) is 5.92 Å². The van der Waals surface area contributed by atoms with Gasteiger partial charge in [-0.25, -0.2) is 0 Å². The van der Waals surface area contributed by atoms with Crippen LogP contribution < -0.4 is 10.9 Å². The molecule has 6 heteroatoms. The predicted molar refractivity (Wildman–Crippen MR) is 103 cm³/mol. The van der Waals surface area contributed by atoms with E-state index in [4.69, 9.17) is 0 Å². The molecule has 3 heterocycles. The zero-order valence-corrected chi connectivity index (χ0v) is 14.3. The quantitative estimate of drug-likeness (QED) is 0.590. The maximum atomic E-state index is 12.7. The molecule has 1 aliphatic rings. The fourth-order valence-electron chi connectivity index (χ4n) is 3.54. The predicted octanol–water partition coefficient (Wildman–Crippen LogP) is 3.82. The van der Waals surface area contributed by atoms with Gasteiger partial charge >= 0.3 is 0 Å². The summed E-state index contributed by atoms with van der Waals surface area (Å²) in [5.74, 6) is 1.34. The van der Waals surface area contributed by atoms with Gasteiger partial charge in [-0.15, -0.1) is 0 Å². The van der Waals surface area contributed by atoms with Gasteiger partial charge in [0.05, 0.1) is 5.52 Å². The summed E-state index contributed by atoms with van der Waals surface area (Å²) in [5, 5.41) is 12.2. The SMILES string of the molecule is O=c1c2ccc(Nc3n[nH]c4cccnc34)cc2ccn1CC1CCC1. The van der Waals surface area contributed by atoms with Gasteiger partial charge in [0, 0.05) is 30.0 Å². The van der Waals surface area contributed by atoms with Crippen LogP contribution in [-0.4, -0.2) is 19.7 Å². The van der Waals surface area contributed by atoms with Crippen LogP contribution in [0.5, 0.6) is 0 Å². The first-order chi connectivity index (χ1) is 12.8. The number of aromatic nitrogens is 4. The van der Waals surface area contributed by atoms with Gasteiger partial charge in [-0.2, -0.15) is 5.10 Å². The van der Waals surface area contributed by atoms with Crippen LogP contribution in [0.1, 0.15) is 19.3 Å². The van der Waals surface area contributed by atoms with Crippen molar-refractivity contribution in [3.8, 4) is 0 Å². The zero-order chi connectivity index (χ0) is 17.5. The first-order valence-corrected chi connectivity index (χ1v) is 8.97. The molecule has 1 fully saturated rings. The number of aromatic amines is 1. The first kappa shape index (κ1) is 15.1. The topological polar surface area (TPSA) is 75.6 Å². The van der Waals surface area contributed by atoms with Gasteiger partial charge in [-0.3, -0.25) is 14.9 Å². The van der Waals surface area contributed by atoms with Crippen molar-refractivity contribution >= 4 is 33.3 Å². The molecule has 2 N–H and O–H groups in total. The van der Waals surface area contributed by atoms with Crippen molar-refractivity contribution < 1.29 is 0 Å². The van der Waals surface area contributed by atoms with Crippen LogP contribution >= 0.6 is 0 Å². The van der Waals surface area contributed by atoms with Crippen LogP contribution in [0.4, 0.5) is 11.5 Å². The second-order valence-corrected chi connectivity index (χ2v) is 6.97. The van der Waals surface area contributed by atoms with E-state index in [1.54, 1.807) is 6.20 Å². The molecule has 130 valence electrons. The van der Waals surface area contributed by atoms with E-state index >= 15 is 0 Å². The average molecular weight is 345 g/mol. The number of hydrogen-bond acceptors (Lipinski definition) is 4. The molecule has 4 aromatic rings. The van der Waals surface area contributed by atoms with E-state index in [1.165, 1.54) is 19.3 Å². The zero-order valence-electron chi connectivity index (χ0n) is 14.3. The van der Waals surface area contributed by atoms with Crippen molar-refractivity contribution in [2.24, 2.45) is 5.92 Å². The number of nitrogens with zero attached hydrogens (tertiary/aromatic N) is 3. The molecular formula is C20H19N5O. The Morgan fingerprint density at radius 2 is 2.15 bits per heavy atom. The van der Waals surface area contributed by atoms with Gasteiger partial charge in [-0.1, -0.05) is 6.42 Å². The van der Waals surface area contributed by atoms with Crippen LogP contribution in [0.15, 0.2) is 53.6 Å². The molecule has 0 aliphatic heterocycles. The standard InChI is InChI=1S/C20H19N5O/c26-20-16-7-6-15(22-19-18-17(23-24-19)5-2-9-21-18)11-14(16)8-10-25(20)12-13-3-1-4-13/h2,5-11,13H,1,3-4,12H2,(H2,22,23,24). The second-order valence-electron chi connectivity index (χ2n) is 6.97. The minimum absolute atomic E-state index is 0.0906. The molecule has 1 saturated carbocycles. The highest BCUT2D eigenvalue weighted by atomic mass is 16.1. The van der Waals surface area contributed by atoms with Gasteiger partial charge < -0.3 is 9.88 Å². The molecular weight excluding hydrogens is 326 g/mol. The lowest BCUT2D eigenvalue weighted by Gasteiger charge is -2.26. The smallest absolute Gasteiger partial charge is 0.258 e. The molecule has 3 aromatic heterocycles. The Kier molecular flexibility index (Phi) is 3.48. The van der Waals surface area contributed by atoms with Crippen LogP contribution in [-0.2, 0) is 6.54 Å². The first-order valence-electron chi connectivity index (χ1n) is 8.97. The number of anilines is 2. The molecule has 0 amide bonds. The molecule has 26 heavy (non-hydrogen) atoms. The van der Waals surface area contributed by atoms with Crippen molar-refractivity contribution in [2.45, 2.75) is 25.8 Å². The summed E-state index contributed by atoms with van der Waals surface area (Å²) in [5.41, 5.74) is 2.65. The van der Waals surface area contributed by atoms with Crippen molar-refractivity contribution in [3.63, 3.8) is 0 Å². The Balaban J connectivity index is 1.48. The number of benzene rings is 1. The summed E-state index contributed by atoms with van der Waals surface area (Å²) in [6, 6.07) is 11.6. The number of pyridine rings is 2. The molecule has 0 radical (unpaired) electrons. The monoisotopic (exact) mass is 345 g/mol. The Bertz CT molecular complexity index is 1160. The van der Waals surface area contributed by atoms with E-state index in [2.05, 4.69) is 20.5 Å². The van der Waals surface area contributed by atoms with Gasteiger partial charge in [0.25, 0.3) is 5.56 Å². The minimum Gasteiger partial charge on any atom is -0.337 e. The third kappa shape index (κ3) is 2.54. The fourth-order valence-corrected chi connectivity index (χ4v) is 3.54. The van der Waals surface area contributed by atoms with Crippen LogP contribution in [0.25, 0.3) is 21.8 Å².